The van der Waals surface area contributed by atoms with E-state index in [1.54, 1.807) is 18.5 Å². The van der Waals surface area contributed by atoms with E-state index >= 15 is 0 Å². The molecule has 0 aliphatic carbocycles. The van der Waals surface area contributed by atoms with Gasteiger partial charge in [-0.2, -0.15) is 4.98 Å². The summed E-state index contributed by atoms with van der Waals surface area (Å²) < 4.78 is 15.6. The molecule has 0 radical (unpaired) electrons. The number of aromatic nitrogens is 3. The molecule has 0 aliphatic heterocycles. The van der Waals surface area contributed by atoms with Crippen LogP contribution in [0.2, 0.25) is 0 Å². The lowest BCUT2D eigenvalue weighted by Crippen LogP contribution is -2.10. The van der Waals surface area contributed by atoms with Crippen LogP contribution in [-0.2, 0) is 16.1 Å². The summed E-state index contributed by atoms with van der Waals surface area (Å²) in [7, 11) is 0. The summed E-state index contributed by atoms with van der Waals surface area (Å²) in [6.07, 6.45) is 3.42. The third-order valence-electron chi connectivity index (χ3n) is 3.34. The molecule has 7 nitrogen and oxygen atoms in total. The number of carbonyl (C=O) groups excluding carboxylic acids is 1. The summed E-state index contributed by atoms with van der Waals surface area (Å²) in [6, 6.07) is 11.2. The molecule has 0 aliphatic rings. The van der Waals surface area contributed by atoms with E-state index in [4.69, 9.17) is 14.0 Å². The van der Waals surface area contributed by atoms with Gasteiger partial charge < -0.3 is 14.0 Å². The van der Waals surface area contributed by atoms with Crippen molar-refractivity contribution in [3.63, 3.8) is 0 Å². The standard InChI is InChI=1S/C18H17N3O4/c1-13-4-6-15(7-5-13)23-10-8-17(22)24-12-16-20-18(21-25-16)14-3-2-9-19-11-14/h2-7,9,11H,8,10,12H2,1H3. The van der Waals surface area contributed by atoms with Crippen molar-refractivity contribution < 1.29 is 18.8 Å². The Morgan fingerprint density at radius 2 is 2.04 bits per heavy atom. The lowest BCUT2D eigenvalue weighted by atomic mass is 10.2. The van der Waals surface area contributed by atoms with E-state index in [2.05, 4.69) is 15.1 Å². The van der Waals surface area contributed by atoms with Crippen LogP contribution in [0.3, 0.4) is 0 Å². The summed E-state index contributed by atoms with van der Waals surface area (Å²) in [6.45, 7) is 2.17. The first kappa shape index (κ1) is 16.6. The molecule has 7 heteroatoms. The van der Waals surface area contributed by atoms with E-state index in [0.717, 1.165) is 16.9 Å². The highest BCUT2D eigenvalue weighted by Gasteiger charge is 2.11. The fraction of sp³-hybridized carbons (Fsp3) is 0.222. The molecule has 1 aromatic carbocycles. The summed E-state index contributed by atoms with van der Waals surface area (Å²) in [4.78, 5) is 19.9. The number of aryl methyl sites for hydroxylation is 1. The number of rotatable bonds is 7. The zero-order chi connectivity index (χ0) is 17.5. The Hall–Kier alpha value is -3.22. The number of hydrogen-bond donors (Lipinski definition) is 0. The molecule has 0 spiro atoms. The SMILES string of the molecule is Cc1ccc(OCCC(=O)OCc2nc(-c3cccnc3)no2)cc1. The molecule has 0 saturated carbocycles. The van der Waals surface area contributed by atoms with Crippen molar-refractivity contribution in [3.05, 3.63) is 60.2 Å². The van der Waals surface area contributed by atoms with Gasteiger partial charge in [-0.15, -0.1) is 0 Å². The van der Waals surface area contributed by atoms with Crippen LogP contribution in [0.25, 0.3) is 11.4 Å². The number of hydrogen-bond acceptors (Lipinski definition) is 7. The smallest absolute Gasteiger partial charge is 0.309 e. The molecule has 0 saturated heterocycles. The maximum atomic E-state index is 11.7. The molecule has 3 rings (SSSR count). The molecular formula is C18H17N3O4. The molecule has 0 atom stereocenters. The van der Waals surface area contributed by atoms with Crippen molar-refractivity contribution in [1.82, 2.24) is 15.1 Å². The van der Waals surface area contributed by atoms with Crippen LogP contribution >= 0.6 is 0 Å². The molecular weight excluding hydrogens is 322 g/mol. The predicted octanol–water partition coefficient (Wildman–Crippen LogP) is 2.95. The molecule has 0 fully saturated rings. The maximum absolute atomic E-state index is 11.7. The first-order chi connectivity index (χ1) is 12.2. The summed E-state index contributed by atoms with van der Waals surface area (Å²) >= 11 is 0. The first-order valence-electron chi connectivity index (χ1n) is 7.79. The Morgan fingerprint density at radius 3 is 2.80 bits per heavy atom. The van der Waals surface area contributed by atoms with Crippen LogP contribution in [0.5, 0.6) is 5.75 Å². The molecule has 25 heavy (non-hydrogen) atoms. The van der Waals surface area contributed by atoms with Crippen LogP contribution in [0.1, 0.15) is 17.9 Å². The third-order valence-corrected chi connectivity index (χ3v) is 3.34. The Balaban J connectivity index is 1.42. The molecule has 128 valence electrons. The van der Waals surface area contributed by atoms with E-state index in [9.17, 15) is 4.79 Å². The topological polar surface area (TPSA) is 87.3 Å². The molecule has 0 unspecified atom stereocenters. The van der Waals surface area contributed by atoms with Gasteiger partial charge in [0, 0.05) is 18.0 Å². The second-order valence-corrected chi connectivity index (χ2v) is 5.33. The normalized spacial score (nSPS) is 10.4. The van der Waals surface area contributed by atoms with Crippen molar-refractivity contribution in [2.75, 3.05) is 6.61 Å². The molecule has 2 aromatic heterocycles. The molecule has 0 bridgehead atoms. The van der Waals surface area contributed by atoms with Crippen LogP contribution in [0, 0.1) is 6.92 Å². The first-order valence-corrected chi connectivity index (χ1v) is 7.79. The van der Waals surface area contributed by atoms with E-state index in [1.807, 2.05) is 37.3 Å². The van der Waals surface area contributed by atoms with Crippen molar-refractivity contribution in [2.45, 2.75) is 20.0 Å². The summed E-state index contributed by atoms with van der Waals surface area (Å²) in [5, 5.41) is 3.83. The van der Waals surface area contributed by atoms with E-state index in [1.165, 1.54) is 0 Å². The van der Waals surface area contributed by atoms with Gasteiger partial charge in [0.15, 0.2) is 6.61 Å². The number of pyridine rings is 1. The van der Waals surface area contributed by atoms with E-state index in [0.29, 0.717) is 5.82 Å². The van der Waals surface area contributed by atoms with Crippen LogP contribution in [-0.4, -0.2) is 27.7 Å². The zero-order valence-electron chi connectivity index (χ0n) is 13.7. The average molecular weight is 339 g/mol. The fourth-order valence-corrected chi connectivity index (χ4v) is 2.03. The Bertz CT molecular complexity index is 816. The summed E-state index contributed by atoms with van der Waals surface area (Å²) in [5.74, 6) is 0.957. The van der Waals surface area contributed by atoms with Gasteiger partial charge in [0.05, 0.1) is 13.0 Å². The second-order valence-electron chi connectivity index (χ2n) is 5.33. The quantitative estimate of drug-likeness (QED) is 0.612. The molecule has 3 aromatic rings. The van der Waals surface area contributed by atoms with Gasteiger partial charge in [-0.25, -0.2) is 0 Å². The van der Waals surface area contributed by atoms with E-state index < -0.39 is 5.97 Å². The fourth-order valence-electron chi connectivity index (χ4n) is 2.03. The van der Waals surface area contributed by atoms with Crippen molar-refractivity contribution >= 4 is 5.97 Å². The Labute approximate surface area is 144 Å². The number of benzene rings is 1. The van der Waals surface area contributed by atoms with Gasteiger partial charge in [-0.1, -0.05) is 22.9 Å². The average Bonchev–Trinajstić information content (AvgIpc) is 3.11. The highest BCUT2D eigenvalue weighted by molar-refractivity contribution is 5.69. The zero-order valence-corrected chi connectivity index (χ0v) is 13.7. The Kier molecular flexibility index (Phi) is 5.36. The Morgan fingerprint density at radius 1 is 1.20 bits per heavy atom. The molecule has 2 heterocycles. The predicted molar refractivity (Wildman–Crippen MR) is 88.6 cm³/mol. The maximum Gasteiger partial charge on any atom is 0.309 e. The second kappa shape index (κ2) is 8.05. The number of ether oxygens (including phenoxy) is 2. The minimum absolute atomic E-state index is 0.0728. The van der Waals surface area contributed by atoms with Crippen molar-refractivity contribution in [1.29, 1.82) is 0 Å². The van der Waals surface area contributed by atoms with Gasteiger partial charge in [0.2, 0.25) is 5.82 Å². The summed E-state index contributed by atoms with van der Waals surface area (Å²) in [5.41, 5.74) is 1.88. The largest absolute Gasteiger partial charge is 0.493 e. The minimum atomic E-state index is -0.395. The number of carbonyl (C=O) groups is 1. The van der Waals surface area contributed by atoms with Gasteiger partial charge in [0.25, 0.3) is 5.89 Å². The van der Waals surface area contributed by atoms with Gasteiger partial charge >= 0.3 is 5.97 Å². The molecule has 0 N–H and O–H groups in total. The van der Waals surface area contributed by atoms with Gasteiger partial charge in [0.1, 0.15) is 5.75 Å². The van der Waals surface area contributed by atoms with Crippen LogP contribution in [0.4, 0.5) is 0 Å². The minimum Gasteiger partial charge on any atom is -0.493 e. The number of nitrogens with zero attached hydrogens (tertiary/aromatic N) is 3. The van der Waals surface area contributed by atoms with Crippen molar-refractivity contribution in [3.8, 4) is 17.1 Å². The van der Waals surface area contributed by atoms with Crippen LogP contribution < -0.4 is 4.74 Å². The van der Waals surface area contributed by atoms with Crippen molar-refractivity contribution in [2.24, 2.45) is 0 Å². The van der Waals surface area contributed by atoms with Crippen LogP contribution in [0.15, 0.2) is 53.3 Å². The monoisotopic (exact) mass is 339 g/mol. The van der Waals surface area contributed by atoms with E-state index in [-0.39, 0.29) is 25.5 Å². The number of esters is 1. The third kappa shape index (κ3) is 4.87. The lowest BCUT2D eigenvalue weighted by Gasteiger charge is -2.06. The van der Waals surface area contributed by atoms with Gasteiger partial charge in [-0.3, -0.25) is 9.78 Å². The van der Waals surface area contributed by atoms with Gasteiger partial charge in [-0.05, 0) is 31.2 Å². The highest BCUT2D eigenvalue weighted by atomic mass is 16.6. The highest BCUT2D eigenvalue weighted by Crippen LogP contribution is 2.14. The lowest BCUT2D eigenvalue weighted by molar-refractivity contribution is -0.146. The molecule has 0 amide bonds.